The highest BCUT2D eigenvalue weighted by Crippen LogP contribution is 2.34. The number of allylic oxidation sites excluding steroid dienone is 1. The van der Waals surface area contributed by atoms with Crippen molar-refractivity contribution in [2.45, 2.75) is 26.3 Å². The maximum atomic E-state index is 12.5. The number of nitrogens with zero attached hydrogens (tertiary/aromatic N) is 1. The van der Waals surface area contributed by atoms with E-state index >= 15 is 0 Å². The van der Waals surface area contributed by atoms with Crippen molar-refractivity contribution in [3.8, 4) is 0 Å². The quantitative estimate of drug-likeness (QED) is 0.572. The molecule has 0 spiro atoms. The molecule has 2 aromatic rings. The van der Waals surface area contributed by atoms with Crippen LogP contribution in [0.4, 0.5) is 17.1 Å². The molecule has 1 saturated carbocycles. The second kappa shape index (κ2) is 7.94. The maximum Gasteiger partial charge on any atom is 0.299 e. The largest absolute Gasteiger partial charge is 0.326 e. The fourth-order valence-electron chi connectivity index (χ4n) is 3.34. The number of anilines is 3. The zero-order valence-corrected chi connectivity index (χ0v) is 16.5. The second-order valence-electron chi connectivity index (χ2n) is 7.40. The van der Waals surface area contributed by atoms with Gasteiger partial charge in [0, 0.05) is 17.3 Å². The summed E-state index contributed by atoms with van der Waals surface area (Å²) in [6.07, 6.45) is 4.86. The minimum Gasteiger partial charge on any atom is -0.326 e. The van der Waals surface area contributed by atoms with E-state index < -0.39 is 11.7 Å². The molecule has 0 saturated heterocycles. The van der Waals surface area contributed by atoms with Crippen molar-refractivity contribution in [3.05, 3.63) is 65.7 Å². The van der Waals surface area contributed by atoms with Crippen molar-refractivity contribution >= 4 is 40.6 Å². The van der Waals surface area contributed by atoms with Crippen molar-refractivity contribution in [3.63, 3.8) is 0 Å². The Labute approximate surface area is 173 Å². The van der Waals surface area contributed by atoms with Gasteiger partial charge in [-0.05, 0) is 61.7 Å². The van der Waals surface area contributed by atoms with Gasteiger partial charge in [-0.15, -0.1) is 0 Å². The molecule has 1 aliphatic heterocycles. The first kappa shape index (κ1) is 19.6. The molecule has 0 unspecified atom stereocenters. The van der Waals surface area contributed by atoms with E-state index in [0.717, 1.165) is 18.4 Å². The number of Topliss-reactive ketones (excluding diaryl/α,β-unsaturated/α-hetero) is 1. The van der Waals surface area contributed by atoms with Crippen molar-refractivity contribution in [1.29, 1.82) is 0 Å². The Bertz CT molecular complexity index is 1070. The molecule has 7 nitrogen and oxygen atoms in total. The van der Waals surface area contributed by atoms with E-state index in [0.29, 0.717) is 22.6 Å². The second-order valence-corrected chi connectivity index (χ2v) is 7.40. The van der Waals surface area contributed by atoms with Crippen molar-refractivity contribution in [2.75, 3.05) is 15.5 Å². The molecular weight excluding hydrogens is 382 g/mol. The lowest BCUT2D eigenvalue weighted by Gasteiger charge is -2.17. The number of carbonyl (C=O) groups is 4. The van der Waals surface area contributed by atoms with E-state index in [9.17, 15) is 19.2 Å². The summed E-state index contributed by atoms with van der Waals surface area (Å²) in [5, 5.41) is 5.54. The highest BCUT2D eigenvalue weighted by molar-refractivity contribution is 6.52. The molecule has 2 N–H and O–H groups in total. The number of benzene rings is 2. The van der Waals surface area contributed by atoms with E-state index in [2.05, 4.69) is 10.6 Å². The predicted molar refractivity (Wildman–Crippen MR) is 113 cm³/mol. The third kappa shape index (κ3) is 4.00. The minimum absolute atomic E-state index is 0.0508. The Morgan fingerprint density at radius 3 is 2.40 bits per heavy atom. The lowest BCUT2D eigenvalue weighted by molar-refractivity contribution is -0.117. The summed E-state index contributed by atoms with van der Waals surface area (Å²) >= 11 is 0. The molecule has 30 heavy (non-hydrogen) atoms. The fourth-order valence-corrected chi connectivity index (χ4v) is 3.34. The van der Waals surface area contributed by atoms with Crippen LogP contribution in [0.15, 0.2) is 54.6 Å². The first-order chi connectivity index (χ1) is 14.5. The number of fused-ring (bicyclic) bond motifs is 1. The molecule has 2 aromatic carbocycles. The van der Waals surface area contributed by atoms with Gasteiger partial charge < -0.3 is 15.5 Å². The molecule has 1 heterocycles. The number of rotatable bonds is 6. The van der Waals surface area contributed by atoms with Gasteiger partial charge in [-0.2, -0.15) is 0 Å². The Hall–Kier alpha value is -3.74. The van der Waals surface area contributed by atoms with E-state index in [-0.39, 0.29) is 24.3 Å². The summed E-state index contributed by atoms with van der Waals surface area (Å²) in [5.41, 5.74) is 2.81. The monoisotopic (exact) mass is 403 g/mol. The van der Waals surface area contributed by atoms with Crippen LogP contribution in [-0.4, -0.2) is 23.5 Å². The average molecular weight is 403 g/mol. The highest BCUT2D eigenvalue weighted by Gasteiger charge is 2.36. The Morgan fingerprint density at radius 2 is 1.73 bits per heavy atom. The topological polar surface area (TPSA) is 95.6 Å². The summed E-state index contributed by atoms with van der Waals surface area (Å²) in [4.78, 5) is 50.0. The molecule has 152 valence electrons. The molecule has 1 fully saturated rings. The van der Waals surface area contributed by atoms with Crippen LogP contribution in [-0.2, 0) is 20.9 Å². The summed E-state index contributed by atoms with van der Waals surface area (Å²) in [7, 11) is 0. The van der Waals surface area contributed by atoms with Gasteiger partial charge in [-0.25, -0.2) is 0 Å². The van der Waals surface area contributed by atoms with Crippen LogP contribution in [0.2, 0.25) is 0 Å². The third-order valence-electron chi connectivity index (χ3n) is 5.07. The Balaban J connectivity index is 1.49. The highest BCUT2D eigenvalue weighted by atomic mass is 16.2. The van der Waals surface area contributed by atoms with Crippen LogP contribution in [0.3, 0.4) is 0 Å². The van der Waals surface area contributed by atoms with Crippen LogP contribution >= 0.6 is 0 Å². The molecule has 1 aliphatic carbocycles. The molecule has 0 aromatic heterocycles. The zero-order valence-electron chi connectivity index (χ0n) is 16.5. The van der Waals surface area contributed by atoms with Gasteiger partial charge in [-0.3, -0.25) is 19.2 Å². The molecular formula is C23H21N3O4. The molecule has 0 radical (unpaired) electrons. The molecule has 0 bridgehead atoms. The Morgan fingerprint density at radius 1 is 1.03 bits per heavy atom. The number of carbonyl (C=O) groups excluding carboxylic acids is 4. The van der Waals surface area contributed by atoms with Gasteiger partial charge >= 0.3 is 0 Å². The number of amides is 3. The van der Waals surface area contributed by atoms with Gasteiger partial charge in [0.15, 0.2) is 0 Å². The normalized spacial score (nSPS) is 15.4. The maximum absolute atomic E-state index is 12.5. The van der Waals surface area contributed by atoms with E-state index in [1.807, 2.05) is 0 Å². The lowest BCUT2D eigenvalue weighted by atomic mass is 10.1. The first-order valence-corrected chi connectivity index (χ1v) is 9.80. The Kier molecular flexibility index (Phi) is 5.18. The van der Waals surface area contributed by atoms with Crippen LogP contribution in [0.25, 0.3) is 0 Å². The minimum atomic E-state index is -0.596. The average Bonchev–Trinajstić information content (AvgIpc) is 3.55. The van der Waals surface area contributed by atoms with Crippen molar-refractivity contribution < 1.29 is 19.2 Å². The molecule has 2 aliphatic rings. The van der Waals surface area contributed by atoms with Crippen LogP contribution in [0.1, 0.15) is 35.7 Å². The fraction of sp³-hybridized carbons (Fsp3) is 0.217. The van der Waals surface area contributed by atoms with Crippen molar-refractivity contribution in [2.24, 2.45) is 5.92 Å². The van der Waals surface area contributed by atoms with Gasteiger partial charge in [0.2, 0.25) is 11.8 Å². The zero-order chi connectivity index (χ0) is 21.3. The number of hydrogen-bond donors (Lipinski definition) is 2. The van der Waals surface area contributed by atoms with Gasteiger partial charge in [0.05, 0.1) is 17.8 Å². The summed E-state index contributed by atoms with van der Waals surface area (Å²) in [6, 6.07) is 12.0. The molecule has 4 rings (SSSR count). The smallest absolute Gasteiger partial charge is 0.299 e. The number of hydrogen-bond acceptors (Lipinski definition) is 4. The summed E-state index contributed by atoms with van der Waals surface area (Å²) < 4.78 is 0. The van der Waals surface area contributed by atoms with E-state index in [1.165, 1.54) is 11.0 Å². The van der Waals surface area contributed by atoms with Gasteiger partial charge in [0.25, 0.3) is 11.7 Å². The molecule has 0 atom stereocenters. The SMILES string of the molecule is C/C=C/C(=O)Nc1ccc(CN2C(=O)C(=O)c3cc(NC(=O)C4CC4)ccc32)cc1. The van der Waals surface area contributed by atoms with Crippen LogP contribution in [0, 0.1) is 5.92 Å². The molecule has 7 heteroatoms. The number of nitrogens with one attached hydrogen (secondary N) is 2. The predicted octanol–water partition coefficient (Wildman–Crippen LogP) is 3.28. The van der Waals surface area contributed by atoms with Crippen LogP contribution < -0.4 is 15.5 Å². The van der Waals surface area contributed by atoms with Crippen molar-refractivity contribution in [1.82, 2.24) is 0 Å². The summed E-state index contributed by atoms with van der Waals surface area (Å²) in [5.74, 6) is -1.39. The molecule has 3 amide bonds. The van der Waals surface area contributed by atoms with Gasteiger partial charge in [-0.1, -0.05) is 18.2 Å². The standard InChI is InChI=1S/C23H21N3O4/c1-2-3-20(27)24-16-8-4-14(5-9-16)13-26-19-11-10-17(25-22(29)15-6-7-15)12-18(19)21(28)23(26)30/h2-5,8-12,15H,6-7,13H2,1H3,(H,24,27)(H,25,29)/b3-2+. The van der Waals surface area contributed by atoms with E-state index in [4.69, 9.17) is 0 Å². The third-order valence-corrected chi connectivity index (χ3v) is 5.07. The number of ketones is 1. The first-order valence-electron chi connectivity index (χ1n) is 9.80. The lowest BCUT2D eigenvalue weighted by Crippen LogP contribution is -2.29. The summed E-state index contributed by atoms with van der Waals surface area (Å²) in [6.45, 7) is 1.99. The van der Waals surface area contributed by atoms with Gasteiger partial charge in [0.1, 0.15) is 0 Å². The van der Waals surface area contributed by atoms with Crippen LogP contribution in [0.5, 0.6) is 0 Å². The van der Waals surface area contributed by atoms with E-state index in [1.54, 1.807) is 55.5 Å².